The zero-order chi connectivity index (χ0) is 13.3. The Labute approximate surface area is 120 Å². The molecule has 4 nitrogen and oxygen atoms in total. The lowest BCUT2D eigenvalue weighted by atomic mass is 10.2. The van der Waals surface area contributed by atoms with Crippen molar-refractivity contribution in [2.24, 2.45) is 0 Å². The first kappa shape index (κ1) is 14.5. The Balaban J connectivity index is 1.63. The molecule has 2 rings (SSSR count). The van der Waals surface area contributed by atoms with E-state index in [-0.39, 0.29) is 0 Å². The molecular formula is C14H23ClN4. The monoisotopic (exact) mass is 282 g/mol. The minimum absolute atomic E-state index is 0.801. The van der Waals surface area contributed by atoms with Crippen LogP contribution in [0.25, 0.3) is 0 Å². The molecule has 0 amide bonds. The van der Waals surface area contributed by atoms with Gasteiger partial charge in [-0.1, -0.05) is 12.8 Å². The van der Waals surface area contributed by atoms with Gasteiger partial charge in [-0.2, -0.15) is 0 Å². The fourth-order valence-corrected chi connectivity index (χ4v) is 2.60. The first-order valence-corrected chi connectivity index (χ1v) is 7.74. The van der Waals surface area contributed by atoms with Crippen molar-refractivity contribution in [3.8, 4) is 0 Å². The molecule has 0 saturated carbocycles. The fraction of sp³-hybridized carbons (Fsp3) is 0.714. The van der Waals surface area contributed by atoms with Gasteiger partial charge in [0.15, 0.2) is 0 Å². The number of nitrogens with zero attached hydrogens (tertiary/aromatic N) is 4. The largest absolute Gasteiger partial charge is 0.338 e. The van der Waals surface area contributed by atoms with Gasteiger partial charge < -0.3 is 4.90 Å². The SMILES string of the molecule is ClCCCCCCN1CCN(c2ncccn2)CC1. The summed E-state index contributed by atoms with van der Waals surface area (Å²) >= 11 is 5.68. The number of hydrogen-bond donors (Lipinski definition) is 0. The van der Waals surface area contributed by atoms with Crippen molar-refractivity contribution in [1.82, 2.24) is 14.9 Å². The second-order valence-electron chi connectivity index (χ2n) is 4.98. The lowest BCUT2D eigenvalue weighted by Gasteiger charge is -2.34. The van der Waals surface area contributed by atoms with E-state index < -0.39 is 0 Å². The van der Waals surface area contributed by atoms with Gasteiger partial charge in [0.05, 0.1) is 0 Å². The first-order valence-electron chi connectivity index (χ1n) is 7.20. The Kier molecular flexibility index (Phi) is 6.37. The third kappa shape index (κ3) is 4.96. The van der Waals surface area contributed by atoms with E-state index in [1.54, 1.807) is 0 Å². The van der Waals surface area contributed by atoms with Gasteiger partial charge in [0, 0.05) is 44.5 Å². The molecule has 1 aliphatic heterocycles. The lowest BCUT2D eigenvalue weighted by Crippen LogP contribution is -2.47. The molecule has 0 N–H and O–H groups in total. The van der Waals surface area contributed by atoms with Crippen molar-refractivity contribution in [2.45, 2.75) is 25.7 Å². The molecule has 0 radical (unpaired) electrons. The highest BCUT2D eigenvalue weighted by Crippen LogP contribution is 2.10. The Morgan fingerprint density at radius 3 is 2.32 bits per heavy atom. The van der Waals surface area contributed by atoms with Gasteiger partial charge in [0.2, 0.25) is 5.95 Å². The Bertz CT molecular complexity index is 339. The van der Waals surface area contributed by atoms with E-state index in [0.717, 1.165) is 44.4 Å². The van der Waals surface area contributed by atoms with E-state index in [4.69, 9.17) is 11.6 Å². The smallest absolute Gasteiger partial charge is 0.225 e. The van der Waals surface area contributed by atoms with Gasteiger partial charge in [0.25, 0.3) is 0 Å². The standard InChI is InChI=1S/C14H23ClN4/c15-6-3-1-2-4-9-18-10-12-19(13-11-18)14-16-7-5-8-17-14/h5,7-8H,1-4,6,9-13H2. The number of anilines is 1. The third-order valence-corrected chi connectivity index (χ3v) is 3.83. The predicted molar refractivity (Wildman–Crippen MR) is 79.9 cm³/mol. The van der Waals surface area contributed by atoms with Gasteiger partial charge in [0.1, 0.15) is 0 Å². The molecule has 19 heavy (non-hydrogen) atoms. The van der Waals surface area contributed by atoms with Crippen LogP contribution in [0.4, 0.5) is 5.95 Å². The lowest BCUT2D eigenvalue weighted by molar-refractivity contribution is 0.251. The molecule has 0 atom stereocenters. The van der Waals surface area contributed by atoms with Crippen molar-refractivity contribution in [3.05, 3.63) is 18.5 Å². The van der Waals surface area contributed by atoms with Gasteiger partial charge in [-0.25, -0.2) is 9.97 Å². The van der Waals surface area contributed by atoms with Crippen LogP contribution < -0.4 is 4.90 Å². The summed E-state index contributed by atoms with van der Waals surface area (Å²) in [7, 11) is 0. The molecule has 1 saturated heterocycles. The molecule has 106 valence electrons. The summed E-state index contributed by atoms with van der Waals surface area (Å²) in [6.07, 6.45) is 8.63. The molecule has 0 unspecified atom stereocenters. The highest BCUT2D eigenvalue weighted by atomic mass is 35.5. The molecule has 5 heteroatoms. The molecule has 1 aromatic heterocycles. The third-order valence-electron chi connectivity index (χ3n) is 3.57. The van der Waals surface area contributed by atoms with Gasteiger partial charge in [-0.05, 0) is 25.5 Å². The van der Waals surface area contributed by atoms with Gasteiger partial charge >= 0.3 is 0 Å². The van der Waals surface area contributed by atoms with Crippen LogP contribution in [0.15, 0.2) is 18.5 Å². The van der Waals surface area contributed by atoms with Crippen LogP contribution in [0.1, 0.15) is 25.7 Å². The highest BCUT2D eigenvalue weighted by molar-refractivity contribution is 6.17. The maximum absolute atomic E-state index is 5.68. The van der Waals surface area contributed by atoms with E-state index in [9.17, 15) is 0 Å². The average molecular weight is 283 g/mol. The summed E-state index contributed by atoms with van der Waals surface area (Å²) < 4.78 is 0. The number of halogens is 1. The Hall–Kier alpha value is -0.870. The van der Waals surface area contributed by atoms with Crippen LogP contribution >= 0.6 is 11.6 Å². The van der Waals surface area contributed by atoms with Gasteiger partial charge in [-0.3, -0.25) is 4.90 Å². The summed E-state index contributed by atoms with van der Waals surface area (Å²) in [6.45, 7) is 5.52. The molecule has 2 heterocycles. The van der Waals surface area contributed by atoms with Crippen LogP contribution in [0.5, 0.6) is 0 Å². The summed E-state index contributed by atoms with van der Waals surface area (Å²) in [4.78, 5) is 13.4. The van der Waals surface area contributed by atoms with Crippen molar-refractivity contribution in [3.63, 3.8) is 0 Å². The number of alkyl halides is 1. The molecule has 1 fully saturated rings. The minimum Gasteiger partial charge on any atom is -0.338 e. The van der Waals surface area contributed by atoms with Crippen molar-refractivity contribution in [2.75, 3.05) is 43.5 Å². The number of hydrogen-bond acceptors (Lipinski definition) is 4. The van der Waals surface area contributed by atoms with Crippen LogP contribution in [0, 0.1) is 0 Å². The van der Waals surface area contributed by atoms with E-state index in [0.29, 0.717) is 0 Å². The quantitative estimate of drug-likeness (QED) is 0.568. The van der Waals surface area contributed by atoms with Crippen LogP contribution in [0.2, 0.25) is 0 Å². The molecular weight excluding hydrogens is 260 g/mol. The summed E-state index contributed by atoms with van der Waals surface area (Å²) in [6, 6.07) is 1.86. The van der Waals surface area contributed by atoms with E-state index >= 15 is 0 Å². The zero-order valence-corrected chi connectivity index (χ0v) is 12.2. The van der Waals surface area contributed by atoms with Gasteiger partial charge in [-0.15, -0.1) is 11.6 Å². The maximum Gasteiger partial charge on any atom is 0.225 e. The van der Waals surface area contributed by atoms with Crippen molar-refractivity contribution < 1.29 is 0 Å². The van der Waals surface area contributed by atoms with Crippen molar-refractivity contribution >= 4 is 17.5 Å². The molecule has 0 spiro atoms. The maximum atomic E-state index is 5.68. The number of unbranched alkanes of at least 4 members (excludes halogenated alkanes) is 3. The number of piperazine rings is 1. The second-order valence-corrected chi connectivity index (χ2v) is 5.36. The van der Waals surface area contributed by atoms with E-state index in [2.05, 4.69) is 19.8 Å². The fourth-order valence-electron chi connectivity index (χ4n) is 2.41. The zero-order valence-electron chi connectivity index (χ0n) is 11.5. The summed E-state index contributed by atoms with van der Waals surface area (Å²) in [5.41, 5.74) is 0. The van der Waals surface area contributed by atoms with Crippen molar-refractivity contribution in [1.29, 1.82) is 0 Å². The normalized spacial score (nSPS) is 16.8. The average Bonchev–Trinajstić information content (AvgIpc) is 2.49. The molecule has 1 aromatic rings. The second kappa shape index (κ2) is 8.33. The molecule has 0 bridgehead atoms. The Morgan fingerprint density at radius 2 is 1.63 bits per heavy atom. The summed E-state index contributed by atoms with van der Waals surface area (Å²) in [5, 5.41) is 0. The number of rotatable bonds is 7. The van der Waals surface area contributed by atoms with Crippen LogP contribution in [-0.4, -0.2) is 53.5 Å². The summed E-state index contributed by atoms with van der Waals surface area (Å²) in [5.74, 6) is 1.67. The highest BCUT2D eigenvalue weighted by Gasteiger charge is 2.17. The van der Waals surface area contributed by atoms with E-state index in [1.807, 2.05) is 18.5 Å². The predicted octanol–water partition coefficient (Wildman–Crippen LogP) is 2.40. The van der Waals surface area contributed by atoms with Crippen LogP contribution in [0.3, 0.4) is 0 Å². The van der Waals surface area contributed by atoms with E-state index in [1.165, 1.54) is 25.8 Å². The molecule has 1 aliphatic rings. The van der Waals surface area contributed by atoms with Crippen LogP contribution in [-0.2, 0) is 0 Å². The number of aromatic nitrogens is 2. The topological polar surface area (TPSA) is 32.3 Å². The minimum atomic E-state index is 0.801. The Morgan fingerprint density at radius 1 is 0.947 bits per heavy atom. The molecule has 0 aliphatic carbocycles. The first-order chi connectivity index (χ1) is 9.40. The molecule has 0 aromatic carbocycles.